The monoisotopic (exact) mass is 776 g/mol. The van der Waals surface area contributed by atoms with E-state index >= 15 is 0 Å². The van der Waals surface area contributed by atoms with Gasteiger partial charge in [0.2, 0.25) is 21.8 Å². The molecule has 4 N–H and O–H groups in total. The van der Waals surface area contributed by atoms with Crippen LogP contribution in [0.25, 0.3) is 5.69 Å². The summed E-state index contributed by atoms with van der Waals surface area (Å²) in [5, 5.41) is 18.9. The summed E-state index contributed by atoms with van der Waals surface area (Å²) in [5.74, 6) is 1.16. The van der Waals surface area contributed by atoms with Crippen molar-refractivity contribution in [2.24, 2.45) is 5.14 Å². The summed E-state index contributed by atoms with van der Waals surface area (Å²) in [7, 11) is -4.03. The lowest BCUT2D eigenvalue weighted by Crippen LogP contribution is -2.45. The van der Waals surface area contributed by atoms with Gasteiger partial charge in [0.15, 0.2) is 5.78 Å². The number of nitrogens with one attached hydrogen (secondary N) is 2. The first-order chi connectivity index (χ1) is 26.6. The number of nitrogens with zero attached hydrogens (tertiary/aromatic N) is 3. The van der Waals surface area contributed by atoms with Crippen molar-refractivity contribution in [3.8, 4) is 18.0 Å². The number of sulfonamides is 1. The van der Waals surface area contributed by atoms with Crippen LogP contribution < -0.4 is 15.8 Å². The van der Waals surface area contributed by atoms with E-state index in [1.807, 2.05) is 6.07 Å². The van der Waals surface area contributed by atoms with Crippen LogP contribution in [0, 0.1) is 12.3 Å². The molecule has 0 radical (unpaired) electrons. The molecule has 0 spiro atoms. The highest BCUT2D eigenvalue weighted by Gasteiger charge is 2.24. The fourth-order valence-electron chi connectivity index (χ4n) is 4.88. The summed E-state index contributed by atoms with van der Waals surface area (Å²) in [6, 6.07) is 20.0. The van der Waals surface area contributed by atoms with Crippen LogP contribution in [-0.4, -0.2) is 113 Å². The number of nitrogens with two attached hydrogens (primary N) is 1. The number of carbonyl (C=O) groups is 3. The average Bonchev–Trinajstić information content (AvgIpc) is 3.66. The molecule has 0 saturated heterocycles. The summed E-state index contributed by atoms with van der Waals surface area (Å²) in [4.78, 5) is 39.0. The number of amides is 2. The van der Waals surface area contributed by atoms with Gasteiger partial charge < -0.3 is 34.3 Å². The Labute approximate surface area is 319 Å². The minimum absolute atomic E-state index is 0.0533. The molecule has 16 nitrogen and oxygen atoms in total. The maximum absolute atomic E-state index is 13.5. The topological polar surface area (TPSA) is 212 Å². The number of anilines is 1. The molecule has 4 aromatic rings. The van der Waals surface area contributed by atoms with Gasteiger partial charge in [-0.25, -0.2) is 18.2 Å². The van der Waals surface area contributed by atoms with Crippen LogP contribution in [0.4, 0.5) is 5.69 Å². The Hall–Kier alpha value is -5.32. The number of ether oxygens (including phenoxy) is 5. The quantitative estimate of drug-likeness (QED) is 0.0501. The first-order valence-electron chi connectivity index (χ1n) is 17.3. The molecule has 292 valence electrons. The predicted molar refractivity (Wildman–Crippen MR) is 201 cm³/mol. The number of benzene rings is 3. The van der Waals surface area contributed by atoms with Gasteiger partial charge in [0.1, 0.15) is 12.6 Å². The molecule has 0 saturated carbocycles. The SMILES string of the molecule is C#CCOCCOCCOCCOCCOCCC(=O)N[C@@H](Cc1cn(-c2ccc(C(=O)c3ccccc3)cc2)nn1)C(=O)Nc1cccc(S(N)(=O)=O)c1. The van der Waals surface area contributed by atoms with Crippen LogP contribution in [0.3, 0.4) is 0 Å². The lowest BCUT2D eigenvalue weighted by Gasteiger charge is -2.18. The van der Waals surface area contributed by atoms with Gasteiger partial charge >= 0.3 is 0 Å². The summed E-state index contributed by atoms with van der Waals surface area (Å²) < 4.78 is 52.1. The van der Waals surface area contributed by atoms with Crippen molar-refractivity contribution in [2.75, 3.05) is 71.4 Å². The number of carbonyl (C=O) groups excluding carboxylic acids is 3. The first-order valence-corrected chi connectivity index (χ1v) is 18.9. The number of rotatable bonds is 25. The van der Waals surface area contributed by atoms with Crippen LogP contribution in [0.15, 0.2) is 90.0 Å². The van der Waals surface area contributed by atoms with E-state index in [4.69, 9.17) is 35.2 Å². The van der Waals surface area contributed by atoms with Crippen LogP contribution in [-0.2, 0) is 49.7 Å². The van der Waals surface area contributed by atoms with Gasteiger partial charge in [0.25, 0.3) is 0 Å². The standard InChI is InChI=1S/C38H44N6O10S/c1-2-16-50-18-20-52-22-24-54-25-23-53-21-19-51-17-15-36(45)41-35(38(47)40-31-9-6-10-34(26-31)55(39,48)49)27-32-28-44(43-42-32)33-13-11-30(12-14-33)37(46)29-7-4-3-5-8-29/h1,3-14,26,28,35H,15-25,27H2,(H,40,47)(H,41,45)(H2,39,48,49)/t35-/m0/s1. The van der Waals surface area contributed by atoms with E-state index in [9.17, 15) is 22.8 Å². The Morgan fingerprint density at radius 2 is 1.38 bits per heavy atom. The van der Waals surface area contributed by atoms with Crippen molar-refractivity contribution in [2.45, 2.75) is 23.8 Å². The molecule has 0 bridgehead atoms. The highest BCUT2D eigenvalue weighted by atomic mass is 32.2. The molecule has 1 aromatic heterocycles. The third-order valence-corrected chi connectivity index (χ3v) is 8.52. The molecule has 3 aromatic carbocycles. The molecule has 0 unspecified atom stereocenters. The largest absolute Gasteiger partial charge is 0.379 e. The molecule has 0 aliphatic heterocycles. The zero-order valence-electron chi connectivity index (χ0n) is 30.1. The van der Waals surface area contributed by atoms with E-state index < -0.39 is 27.9 Å². The Kier molecular flexibility index (Phi) is 17.6. The lowest BCUT2D eigenvalue weighted by atomic mass is 10.0. The molecule has 1 heterocycles. The zero-order chi connectivity index (χ0) is 39.3. The second-order valence-electron chi connectivity index (χ2n) is 11.7. The maximum atomic E-state index is 13.5. The van der Waals surface area contributed by atoms with E-state index in [1.54, 1.807) is 54.7 Å². The molecular formula is C38H44N6O10S. The molecule has 0 fully saturated rings. The number of hydrogen-bond donors (Lipinski definition) is 3. The molecule has 0 aliphatic carbocycles. The first kappa shape index (κ1) is 42.4. The maximum Gasteiger partial charge on any atom is 0.247 e. The van der Waals surface area contributed by atoms with E-state index in [1.165, 1.54) is 28.9 Å². The summed E-state index contributed by atoms with van der Waals surface area (Å²) >= 11 is 0. The third-order valence-electron chi connectivity index (χ3n) is 7.61. The Morgan fingerprint density at radius 1 is 0.782 bits per heavy atom. The average molecular weight is 777 g/mol. The lowest BCUT2D eigenvalue weighted by molar-refractivity contribution is -0.127. The molecule has 17 heteroatoms. The van der Waals surface area contributed by atoms with Crippen molar-refractivity contribution >= 4 is 33.3 Å². The number of ketones is 1. The van der Waals surface area contributed by atoms with E-state index in [2.05, 4.69) is 26.9 Å². The second kappa shape index (κ2) is 22.8. The smallest absolute Gasteiger partial charge is 0.247 e. The van der Waals surface area contributed by atoms with Gasteiger partial charge in [0, 0.05) is 29.7 Å². The molecule has 0 aliphatic rings. The summed E-state index contributed by atoms with van der Waals surface area (Å²) in [6.45, 7) is 3.28. The minimum Gasteiger partial charge on any atom is -0.379 e. The van der Waals surface area contributed by atoms with Crippen molar-refractivity contribution in [1.29, 1.82) is 0 Å². The van der Waals surface area contributed by atoms with Gasteiger partial charge in [-0.2, -0.15) is 0 Å². The van der Waals surface area contributed by atoms with Gasteiger partial charge in [-0.3, -0.25) is 14.4 Å². The number of aromatic nitrogens is 3. The van der Waals surface area contributed by atoms with Crippen LogP contribution >= 0.6 is 0 Å². The van der Waals surface area contributed by atoms with Gasteiger partial charge in [-0.1, -0.05) is 47.5 Å². The van der Waals surface area contributed by atoms with E-state index in [-0.39, 0.29) is 49.0 Å². The Bertz CT molecular complexity index is 1970. The number of terminal acetylenes is 1. The Morgan fingerprint density at radius 3 is 2.00 bits per heavy atom. The van der Waals surface area contributed by atoms with Gasteiger partial charge in [-0.15, -0.1) is 11.5 Å². The fourth-order valence-corrected chi connectivity index (χ4v) is 5.44. The van der Waals surface area contributed by atoms with Crippen molar-refractivity contribution in [3.05, 3.63) is 102 Å². The minimum atomic E-state index is -4.03. The van der Waals surface area contributed by atoms with Crippen molar-refractivity contribution in [3.63, 3.8) is 0 Å². The predicted octanol–water partition coefficient (Wildman–Crippen LogP) is 1.92. The third kappa shape index (κ3) is 15.1. The zero-order valence-corrected chi connectivity index (χ0v) is 30.9. The normalized spacial score (nSPS) is 11.8. The summed E-state index contributed by atoms with van der Waals surface area (Å²) in [6.07, 6.45) is 6.59. The number of primary sulfonamides is 1. The molecule has 4 rings (SSSR count). The van der Waals surface area contributed by atoms with Crippen LogP contribution in [0.5, 0.6) is 0 Å². The Balaban J connectivity index is 1.26. The number of hydrogen-bond acceptors (Lipinski definition) is 12. The highest BCUT2D eigenvalue weighted by molar-refractivity contribution is 7.89. The molecular weight excluding hydrogens is 733 g/mol. The van der Waals surface area contributed by atoms with Crippen molar-refractivity contribution in [1.82, 2.24) is 20.3 Å². The highest BCUT2D eigenvalue weighted by Crippen LogP contribution is 2.16. The van der Waals surface area contributed by atoms with Crippen molar-refractivity contribution < 1.29 is 46.5 Å². The summed E-state index contributed by atoms with van der Waals surface area (Å²) in [5.41, 5.74) is 2.22. The van der Waals surface area contributed by atoms with Gasteiger partial charge in [-0.05, 0) is 42.5 Å². The molecule has 55 heavy (non-hydrogen) atoms. The van der Waals surface area contributed by atoms with E-state index in [0.29, 0.717) is 68.8 Å². The van der Waals surface area contributed by atoms with E-state index in [0.717, 1.165) is 0 Å². The van der Waals surface area contributed by atoms with Crippen LogP contribution in [0.1, 0.15) is 28.0 Å². The van der Waals surface area contributed by atoms with Gasteiger partial charge in [0.05, 0.1) is 81.9 Å². The second-order valence-corrected chi connectivity index (χ2v) is 13.3. The molecule has 2 amide bonds. The van der Waals surface area contributed by atoms with Crippen LogP contribution in [0.2, 0.25) is 0 Å². The fraction of sp³-hybridized carbons (Fsp3) is 0.342. The molecule has 1 atom stereocenters.